The molecule has 0 aliphatic heterocycles. The van der Waals surface area contributed by atoms with Gasteiger partial charge in [0.25, 0.3) is 5.91 Å². The monoisotopic (exact) mass is 512 g/mol. The van der Waals surface area contributed by atoms with Crippen LogP contribution >= 0.6 is 12.2 Å². The van der Waals surface area contributed by atoms with E-state index >= 15 is 0 Å². The fourth-order valence-electron chi connectivity index (χ4n) is 3.54. The van der Waals surface area contributed by atoms with E-state index in [0.29, 0.717) is 42.6 Å². The number of anilines is 1. The highest BCUT2D eigenvalue weighted by Gasteiger charge is 2.14. The lowest BCUT2D eigenvalue weighted by molar-refractivity contribution is 0.0972. The van der Waals surface area contributed by atoms with Crippen molar-refractivity contribution < 1.29 is 19.0 Å². The van der Waals surface area contributed by atoms with E-state index in [4.69, 9.17) is 26.4 Å². The number of para-hydroxylation sites is 2. The maximum absolute atomic E-state index is 12.9. The number of benzene rings is 4. The van der Waals surface area contributed by atoms with Gasteiger partial charge in [-0.05, 0) is 54.2 Å². The Balaban J connectivity index is 1.26. The first-order chi connectivity index (χ1) is 18.2. The molecule has 2 N–H and O–H groups in total. The van der Waals surface area contributed by atoms with Crippen molar-refractivity contribution in [3.8, 4) is 17.2 Å². The molecule has 0 saturated carbocycles. The largest absolute Gasteiger partial charge is 0.493 e. The Morgan fingerprint density at radius 1 is 0.676 bits per heavy atom. The summed E-state index contributed by atoms with van der Waals surface area (Å²) in [4.78, 5) is 12.9. The van der Waals surface area contributed by atoms with E-state index < -0.39 is 0 Å². The van der Waals surface area contributed by atoms with Gasteiger partial charge in [-0.15, -0.1) is 0 Å². The third-order valence-corrected chi connectivity index (χ3v) is 5.51. The first-order valence-electron chi connectivity index (χ1n) is 12.0. The minimum absolute atomic E-state index is 0.175. The first-order valence-corrected chi connectivity index (χ1v) is 12.4. The van der Waals surface area contributed by atoms with Gasteiger partial charge in [0, 0.05) is 18.2 Å². The third-order valence-electron chi connectivity index (χ3n) is 5.31. The minimum Gasteiger partial charge on any atom is -0.493 e. The molecule has 188 valence electrons. The summed E-state index contributed by atoms with van der Waals surface area (Å²) in [6.45, 7) is 1.20. The van der Waals surface area contributed by atoms with Crippen LogP contribution in [0.3, 0.4) is 0 Å². The molecule has 0 aromatic heterocycles. The summed E-state index contributed by atoms with van der Waals surface area (Å²) in [5, 5.41) is 5.93. The van der Waals surface area contributed by atoms with Gasteiger partial charge in [0.15, 0.2) is 5.11 Å². The Labute approximate surface area is 222 Å². The van der Waals surface area contributed by atoms with Crippen molar-refractivity contribution in [1.29, 1.82) is 0 Å². The predicted octanol–water partition coefficient (Wildman–Crippen LogP) is 5.89. The zero-order valence-electron chi connectivity index (χ0n) is 20.3. The molecule has 0 bridgehead atoms. The standard InChI is InChI=1S/C30H28N2O4S/c33-29(27-16-7-8-17-28(27)36-21-20-35-25-13-5-2-6-14-25)32-30(37)31-24-12-9-15-26(22-24)34-19-18-23-10-3-1-4-11-23/h1-17,22H,18-21H2,(H2,31,32,33,37). The molecule has 6 nitrogen and oxygen atoms in total. The second kappa shape index (κ2) is 13.7. The summed E-state index contributed by atoms with van der Waals surface area (Å²) in [7, 11) is 0. The zero-order chi connectivity index (χ0) is 25.7. The van der Waals surface area contributed by atoms with Crippen molar-refractivity contribution in [3.05, 3.63) is 120 Å². The number of carbonyl (C=O) groups excluding carboxylic acids is 1. The number of rotatable bonds is 11. The van der Waals surface area contributed by atoms with E-state index in [1.54, 1.807) is 18.2 Å². The third kappa shape index (κ3) is 8.37. The number of hydrogen-bond donors (Lipinski definition) is 2. The average molecular weight is 513 g/mol. The predicted molar refractivity (Wildman–Crippen MR) is 150 cm³/mol. The number of ether oxygens (including phenoxy) is 3. The molecular formula is C30H28N2O4S. The van der Waals surface area contributed by atoms with Crippen LogP contribution in [0.15, 0.2) is 109 Å². The maximum Gasteiger partial charge on any atom is 0.261 e. The molecular weight excluding hydrogens is 484 g/mol. The highest BCUT2D eigenvalue weighted by Crippen LogP contribution is 2.20. The van der Waals surface area contributed by atoms with E-state index in [1.807, 2.05) is 78.9 Å². The van der Waals surface area contributed by atoms with Gasteiger partial charge in [-0.1, -0.05) is 66.7 Å². The van der Waals surface area contributed by atoms with Gasteiger partial charge >= 0.3 is 0 Å². The van der Waals surface area contributed by atoms with Crippen LogP contribution in [0.4, 0.5) is 5.69 Å². The molecule has 0 atom stereocenters. The van der Waals surface area contributed by atoms with Crippen molar-refractivity contribution in [2.24, 2.45) is 0 Å². The van der Waals surface area contributed by atoms with Crippen molar-refractivity contribution in [1.82, 2.24) is 5.32 Å². The number of thiocarbonyl (C=S) groups is 1. The highest BCUT2D eigenvalue weighted by atomic mass is 32.1. The van der Waals surface area contributed by atoms with Gasteiger partial charge in [-0.25, -0.2) is 0 Å². The highest BCUT2D eigenvalue weighted by molar-refractivity contribution is 7.80. The summed E-state index contributed by atoms with van der Waals surface area (Å²) in [5.41, 5.74) is 2.31. The van der Waals surface area contributed by atoms with Crippen LogP contribution in [0.5, 0.6) is 17.2 Å². The number of carbonyl (C=O) groups is 1. The molecule has 4 aromatic rings. The first kappa shape index (κ1) is 25.7. The van der Waals surface area contributed by atoms with Crippen LogP contribution in [0, 0.1) is 0 Å². The van der Waals surface area contributed by atoms with Gasteiger partial charge in [-0.2, -0.15) is 0 Å². The SMILES string of the molecule is O=C(NC(=S)Nc1cccc(OCCc2ccccc2)c1)c1ccccc1OCCOc1ccccc1. The molecule has 0 unspecified atom stereocenters. The molecule has 1 amide bonds. The van der Waals surface area contributed by atoms with Gasteiger partial charge < -0.3 is 19.5 Å². The summed E-state index contributed by atoms with van der Waals surface area (Å²) < 4.78 is 17.3. The summed E-state index contributed by atoms with van der Waals surface area (Å²) >= 11 is 5.37. The average Bonchev–Trinajstić information content (AvgIpc) is 2.93. The van der Waals surface area contributed by atoms with Crippen LogP contribution in [0.25, 0.3) is 0 Å². The normalized spacial score (nSPS) is 10.3. The molecule has 4 rings (SSSR count). The summed E-state index contributed by atoms with van der Waals surface area (Å²) in [5.74, 6) is 1.56. The van der Waals surface area contributed by atoms with E-state index in [9.17, 15) is 4.79 Å². The molecule has 4 aromatic carbocycles. The molecule has 0 heterocycles. The van der Waals surface area contributed by atoms with E-state index in [1.165, 1.54) is 5.56 Å². The molecule has 0 spiro atoms. The zero-order valence-corrected chi connectivity index (χ0v) is 21.1. The van der Waals surface area contributed by atoms with Crippen molar-refractivity contribution in [2.75, 3.05) is 25.1 Å². The molecule has 0 radical (unpaired) electrons. The minimum atomic E-state index is -0.368. The van der Waals surface area contributed by atoms with Gasteiger partial charge in [0.2, 0.25) is 0 Å². The Kier molecular flexibility index (Phi) is 9.49. The molecule has 0 saturated heterocycles. The molecule has 0 aliphatic rings. The lowest BCUT2D eigenvalue weighted by atomic mass is 10.2. The number of hydrogen-bond acceptors (Lipinski definition) is 5. The van der Waals surface area contributed by atoms with Crippen molar-refractivity contribution >= 4 is 28.9 Å². The number of amides is 1. The van der Waals surface area contributed by atoms with E-state index in [0.717, 1.165) is 12.2 Å². The molecule has 7 heteroatoms. The van der Waals surface area contributed by atoms with Crippen molar-refractivity contribution in [2.45, 2.75) is 6.42 Å². The van der Waals surface area contributed by atoms with Gasteiger partial charge in [0.05, 0.1) is 12.2 Å². The lowest BCUT2D eigenvalue weighted by Gasteiger charge is -2.14. The quantitative estimate of drug-likeness (QED) is 0.193. The maximum atomic E-state index is 12.9. The van der Waals surface area contributed by atoms with Crippen LogP contribution < -0.4 is 24.8 Å². The lowest BCUT2D eigenvalue weighted by Crippen LogP contribution is -2.34. The Morgan fingerprint density at radius 2 is 1.32 bits per heavy atom. The van der Waals surface area contributed by atoms with Crippen molar-refractivity contribution in [3.63, 3.8) is 0 Å². The smallest absolute Gasteiger partial charge is 0.261 e. The molecule has 0 aliphatic carbocycles. The fraction of sp³-hybridized carbons (Fsp3) is 0.133. The van der Waals surface area contributed by atoms with Gasteiger partial charge in [-0.3, -0.25) is 10.1 Å². The van der Waals surface area contributed by atoms with Crippen LogP contribution in [0.2, 0.25) is 0 Å². The molecule has 37 heavy (non-hydrogen) atoms. The topological polar surface area (TPSA) is 68.8 Å². The van der Waals surface area contributed by atoms with Crippen LogP contribution in [-0.4, -0.2) is 30.8 Å². The number of nitrogens with one attached hydrogen (secondary N) is 2. The summed E-state index contributed by atoms with van der Waals surface area (Å²) in [6, 6.07) is 34.1. The summed E-state index contributed by atoms with van der Waals surface area (Å²) in [6.07, 6.45) is 0.812. The van der Waals surface area contributed by atoms with Gasteiger partial charge in [0.1, 0.15) is 30.5 Å². The van der Waals surface area contributed by atoms with E-state index in [-0.39, 0.29) is 11.0 Å². The van der Waals surface area contributed by atoms with E-state index in [2.05, 4.69) is 22.8 Å². The fourth-order valence-corrected chi connectivity index (χ4v) is 3.75. The Morgan fingerprint density at radius 3 is 2.14 bits per heavy atom. The van der Waals surface area contributed by atoms with Crippen LogP contribution in [-0.2, 0) is 6.42 Å². The molecule has 0 fully saturated rings. The Bertz CT molecular complexity index is 1300. The second-order valence-corrected chi connectivity index (χ2v) is 8.43. The van der Waals surface area contributed by atoms with Crippen LogP contribution in [0.1, 0.15) is 15.9 Å². The second-order valence-electron chi connectivity index (χ2n) is 8.03. The Hall–Kier alpha value is -4.36.